The van der Waals surface area contributed by atoms with Crippen molar-refractivity contribution in [2.24, 2.45) is 5.92 Å². The van der Waals surface area contributed by atoms with E-state index in [4.69, 9.17) is 4.74 Å². The molecule has 0 saturated carbocycles. The first-order valence-corrected chi connectivity index (χ1v) is 10.3. The smallest absolute Gasteiger partial charge is 0.261 e. The van der Waals surface area contributed by atoms with Crippen LogP contribution in [0.15, 0.2) is 53.6 Å². The summed E-state index contributed by atoms with van der Waals surface area (Å²) >= 11 is 0. The number of para-hydroxylation sites is 1. The van der Waals surface area contributed by atoms with Gasteiger partial charge in [-0.15, -0.1) is 0 Å². The van der Waals surface area contributed by atoms with Crippen LogP contribution in [-0.2, 0) is 17.8 Å². The molecule has 1 N–H and O–H groups in total. The van der Waals surface area contributed by atoms with E-state index >= 15 is 0 Å². The fourth-order valence-electron chi connectivity index (χ4n) is 4.87. The van der Waals surface area contributed by atoms with E-state index in [1.807, 2.05) is 45.9 Å². The Kier molecular flexibility index (Phi) is 4.65. The first-order valence-electron chi connectivity index (χ1n) is 10.3. The highest BCUT2D eigenvalue weighted by molar-refractivity contribution is 5.79. The number of hydrogen-bond acceptors (Lipinski definition) is 4. The van der Waals surface area contributed by atoms with Crippen LogP contribution < -0.4 is 10.3 Å². The number of imidazole rings is 1. The average Bonchev–Trinajstić information content (AvgIpc) is 3.29. The number of nitrogens with one attached hydrogen (secondary N) is 1. The van der Waals surface area contributed by atoms with E-state index in [1.54, 1.807) is 19.5 Å². The molecule has 2 atom stereocenters. The van der Waals surface area contributed by atoms with Crippen molar-refractivity contribution in [2.75, 3.05) is 20.2 Å². The van der Waals surface area contributed by atoms with E-state index in [1.165, 1.54) is 0 Å². The zero-order chi connectivity index (χ0) is 20.7. The Hall–Kier alpha value is -3.35. The van der Waals surface area contributed by atoms with Crippen molar-refractivity contribution in [1.82, 2.24) is 19.4 Å². The van der Waals surface area contributed by atoms with Gasteiger partial charge in [0.2, 0.25) is 5.91 Å². The van der Waals surface area contributed by atoms with Crippen molar-refractivity contribution in [3.63, 3.8) is 0 Å². The van der Waals surface area contributed by atoms with Crippen LogP contribution >= 0.6 is 0 Å². The Morgan fingerprint density at radius 2 is 2.07 bits per heavy atom. The number of piperidine rings is 1. The van der Waals surface area contributed by atoms with E-state index in [-0.39, 0.29) is 23.3 Å². The number of H-pyrrole nitrogens is 1. The summed E-state index contributed by atoms with van der Waals surface area (Å²) in [5, 5.41) is 0. The number of fused-ring (bicyclic) bond motifs is 4. The van der Waals surface area contributed by atoms with Crippen LogP contribution in [0.1, 0.15) is 23.6 Å². The molecule has 7 heteroatoms. The number of rotatable bonds is 4. The molecule has 2 aromatic heterocycles. The van der Waals surface area contributed by atoms with Gasteiger partial charge in [0.1, 0.15) is 11.6 Å². The number of likely N-dealkylation sites (tertiary alicyclic amines) is 1. The zero-order valence-electron chi connectivity index (χ0n) is 16.9. The minimum atomic E-state index is -0.00838. The summed E-state index contributed by atoms with van der Waals surface area (Å²) in [6.45, 7) is 1.96. The predicted molar refractivity (Wildman–Crippen MR) is 112 cm³/mol. The Labute approximate surface area is 174 Å². The van der Waals surface area contributed by atoms with Crippen LogP contribution in [0.2, 0.25) is 0 Å². The number of methoxy groups -OCH3 is 1. The number of pyridine rings is 1. The molecule has 2 aliphatic rings. The van der Waals surface area contributed by atoms with E-state index < -0.39 is 0 Å². The van der Waals surface area contributed by atoms with Crippen molar-refractivity contribution in [3.05, 3.63) is 70.4 Å². The maximum absolute atomic E-state index is 13.1. The SMILES string of the molecule is COc1ccccc1CC(=O)N1C[C@@H]2C[C@H](C1)c1ccc(-c3ncc[nH]3)c(=O)n1C2. The van der Waals surface area contributed by atoms with Crippen molar-refractivity contribution in [3.8, 4) is 17.1 Å². The standard InChI is InChI=1S/C23H24N4O3/c1-30-20-5-3-2-4-16(20)11-21(28)26-12-15-10-17(14-26)19-7-6-18(22-24-8-9-25-22)23(29)27(19)13-15/h2-9,15,17H,10-14H2,1H3,(H,24,25)/t15-,17+/m0/s1. The average molecular weight is 404 g/mol. The largest absolute Gasteiger partial charge is 0.496 e. The Balaban J connectivity index is 1.39. The first kappa shape index (κ1) is 18.7. The number of aromatic amines is 1. The highest BCUT2D eigenvalue weighted by Gasteiger charge is 2.36. The molecule has 1 amide bonds. The second-order valence-corrected chi connectivity index (χ2v) is 8.11. The first-order chi connectivity index (χ1) is 14.6. The van der Waals surface area contributed by atoms with Crippen LogP contribution in [0.4, 0.5) is 0 Å². The number of carbonyl (C=O) groups is 1. The van der Waals surface area contributed by atoms with Crippen molar-refractivity contribution in [1.29, 1.82) is 0 Å². The molecule has 0 radical (unpaired) electrons. The lowest BCUT2D eigenvalue weighted by molar-refractivity contribution is -0.133. The minimum Gasteiger partial charge on any atom is -0.496 e. The molecule has 0 spiro atoms. The van der Waals surface area contributed by atoms with Gasteiger partial charge in [-0.1, -0.05) is 18.2 Å². The van der Waals surface area contributed by atoms with E-state index in [0.29, 0.717) is 37.4 Å². The number of amides is 1. The van der Waals surface area contributed by atoms with Crippen molar-refractivity contribution < 1.29 is 9.53 Å². The van der Waals surface area contributed by atoms with Crippen LogP contribution in [0, 0.1) is 5.92 Å². The van der Waals surface area contributed by atoms with Gasteiger partial charge >= 0.3 is 0 Å². The molecule has 30 heavy (non-hydrogen) atoms. The van der Waals surface area contributed by atoms with E-state index in [0.717, 1.165) is 23.4 Å². The lowest BCUT2D eigenvalue weighted by Gasteiger charge is -2.43. The van der Waals surface area contributed by atoms with Crippen molar-refractivity contribution in [2.45, 2.75) is 25.3 Å². The molecule has 1 fully saturated rings. The molecule has 154 valence electrons. The predicted octanol–water partition coefficient (Wildman–Crippen LogP) is 2.44. The molecule has 4 heterocycles. The van der Waals surface area contributed by atoms with Crippen LogP contribution in [0.25, 0.3) is 11.4 Å². The van der Waals surface area contributed by atoms with Gasteiger partial charge in [-0.05, 0) is 30.5 Å². The highest BCUT2D eigenvalue weighted by atomic mass is 16.5. The molecule has 2 bridgehead atoms. The van der Waals surface area contributed by atoms with Gasteiger partial charge in [0.15, 0.2) is 0 Å². The Bertz CT molecular complexity index is 1140. The third-order valence-electron chi connectivity index (χ3n) is 6.24. The second-order valence-electron chi connectivity index (χ2n) is 8.11. The minimum absolute atomic E-state index is 0.00838. The summed E-state index contributed by atoms with van der Waals surface area (Å²) < 4.78 is 7.28. The molecule has 5 rings (SSSR count). The van der Waals surface area contributed by atoms with Gasteiger partial charge < -0.3 is 19.2 Å². The summed E-state index contributed by atoms with van der Waals surface area (Å²) in [5.74, 6) is 1.90. The maximum Gasteiger partial charge on any atom is 0.261 e. The number of nitrogens with zero attached hydrogens (tertiary/aromatic N) is 3. The number of carbonyl (C=O) groups excluding carboxylic acids is 1. The number of hydrogen-bond donors (Lipinski definition) is 1. The summed E-state index contributed by atoms with van der Waals surface area (Å²) in [4.78, 5) is 35.3. The fourth-order valence-corrected chi connectivity index (χ4v) is 4.87. The molecule has 3 aromatic rings. The van der Waals surface area contributed by atoms with Gasteiger partial charge in [-0.3, -0.25) is 9.59 Å². The van der Waals surface area contributed by atoms with Gasteiger partial charge in [0, 0.05) is 49.2 Å². The zero-order valence-corrected chi connectivity index (χ0v) is 16.9. The third kappa shape index (κ3) is 3.20. The van der Waals surface area contributed by atoms with Crippen LogP contribution in [0.3, 0.4) is 0 Å². The molecule has 2 aliphatic heterocycles. The summed E-state index contributed by atoms with van der Waals surface area (Å²) in [6, 6.07) is 11.5. The second kappa shape index (κ2) is 7.48. The van der Waals surface area contributed by atoms with Gasteiger partial charge in [-0.2, -0.15) is 0 Å². The Morgan fingerprint density at radius 1 is 1.20 bits per heavy atom. The summed E-state index contributed by atoms with van der Waals surface area (Å²) in [7, 11) is 1.63. The normalized spacial score (nSPS) is 20.0. The third-order valence-corrected chi connectivity index (χ3v) is 6.24. The monoisotopic (exact) mass is 404 g/mol. The molecule has 0 aliphatic carbocycles. The summed E-state index contributed by atoms with van der Waals surface area (Å²) in [6.07, 6.45) is 4.71. The van der Waals surface area contributed by atoms with Crippen LogP contribution in [-0.4, -0.2) is 45.5 Å². The van der Waals surface area contributed by atoms with E-state index in [2.05, 4.69) is 9.97 Å². The topological polar surface area (TPSA) is 80.2 Å². The van der Waals surface area contributed by atoms with Gasteiger partial charge in [0.05, 0.1) is 19.1 Å². The van der Waals surface area contributed by atoms with E-state index in [9.17, 15) is 9.59 Å². The molecule has 7 nitrogen and oxygen atoms in total. The molecule has 1 aromatic carbocycles. The number of aromatic nitrogens is 3. The summed E-state index contributed by atoms with van der Waals surface area (Å²) in [5.41, 5.74) is 2.50. The fraction of sp³-hybridized carbons (Fsp3) is 0.348. The van der Waals surface area contributed by atoms with Crippen molar-refractivity contribution >= 4 is 5.91 Å². The van der Waals surface area contributed by atoms with Gasteiger partial charge in [-0.25, -0.2) is 4.98 Å². The number of benzene rings is 1. The molecular formula is C23H24N4O3. The van der Waals surface area contributed by atoms with Gasteiger partial charge in [0.25, 0.3) is 5.56 Å². The lowest BCUT2D eigenvalue weighted by Crippen LogP contribution is -2.49. The number of ether oxygens (including phenoxy) is 1. The van der Waals surface area contributed by atoms with Crippen LogP contribution in [0.5, 0.6) is 5.75 Å². The molecular weight excluding hydrogens is 380 g/mol. The quantitative estimate of drug-likeness (QED) is 0.724. The lowest BCUT2D eigenvalue weighted by atomic mass is 9.82. The Morgan fingerprint density at radius 3 is 2.87 bits per heavy atom. The molecule has 0 unspecified atom stereocenters. The highest BCUT2D eigenvalue weighted by Crippen LogP contribution is 2.36. The maximum atomic E-state index is 13.1. The molecule has 1 saturated heterocycles.